The summed E-state index contributed by atoms with van der Waals surface area (Å²) in [5.74, 6) is 0.749. The average Bonchev–Trinajstić information content (AvgIpc) is 2.75. The number of hydrogen-bond acceptors (Lipinski definition) is 7. The third-order valence-corrected chi connectivity index (χ3v) is 6.29. The normalized spacial score (nSPS) is 14.6. The molecule has 0 aliphatic carbocycles. The molecule has 0 bridgehead atoms. The van der Waals surface area contributed by atoms with Crippen LogP contribution in [0.25, 0.3) is 0 Å². The van der Waals surface area contributed by atoms with Crippen LogP contribution in [0.2, 0.25) is 5.02 Å². The Morgan fingerprint density at radius 1 is 0.967 bits per heavy atom. The molecule has 0 unspecified atom stereocenters. The van der Waals surface area contributed by atoms with Gasteiger partial charge >= 0.3 is 0 Å². The van der Waals surface area contributed by atoms with Gasteiger partial charge in [-0.3, -0.25) is 4.72 Å². The second kappa shape index (κ2) is 8.41. The lowest BCUT2D eigenvalue weighted by Crippen LogP contribution is -2.47. The van der Waals surface area contributed by atoms with Crippen LogP contribution in [-0.4, -0.2) is 49.5 Å². The van der Waals surface area contributed by atoms with Crippen LogP contribution in [0.4, 0.5) is 21.8 Å². The third kappa shape index (κ3) is 4.44. The summed E-state index contributed by atoms with van der Waals surface area (Å²) < 4.78 is 40.4. The number of piperazine rings is 1. The Balaban J connectivity index is 1.44. The number of anilines is 3. The van der Waals surface area contributed by atoms with Gasteiger partial charge in [0.2, 0.25) is 5.95 Å². The van der Waals surface area contributed by atoms with Crippen LogP contribution < -0.4 is 14.5 Å². The smallest absolute Gasteiger partial charge is 0.261 e. The summed E-state index contributed by atoms with van der Waals surface area (Å²) in [6.45, 7) is 2.76. The quantitative estimate of drug-likeness (QED) is 0.641. The van der Waals surface area contributed by atoms with Gasteiger partial charge in [0, 0.05) is 38.6 Å². The maximum Gasteiger partial charge on any atom is 0.261 e. The second-order valence-corrected chi connectivity index (χ2v) is 8.70. The van der Waals surface area contributed by atoms with Gasteiger partial charge in [-0.25, -0.2) is 27.8 Å². The van der Waals surface area contributed by atoms with Crippen molar-refractivity contribution in [1.82, 2.24) is 15.0 Å². The summed E-state index contributed by atoms with van der Waals surface area (Å²) in [4.78, 5) is 16.9. The molecule has 8 nitrogen and oxygen atoms in total. The van der Waals surface area contributed by atoms with Crippen LogP contribution in [0.1, 0.15) is 0 Å². The van der Waals surface area contributed by atoms with E-state index in [4.69, 9.17) is 11.6 Å². The first-order chi connectivity index (χ1) is 14.4. The van der Waals surface area contributed by atoms with E-state index in [-0.39, 0.29) is 10.6 Å². The van der Waals surface area contributed by atoms with Crippen LogP contribution in [0.3, 0.4) is 0 Å². The minimum atomic E-state index is -3.87. The Bertz CT molecular complexity index is 1120. The van der Waals surface area contributed by atoms with Crippen LogP contribution in [0, 0.1) is 5.82 Å². The number of sulfonamides is 1. The summed E-state index contributed by atoms with van der Waals surface area (Å²) in [7, 11) is -3.87. The number of pyridine rings is 1. The molecule has 1 fully saturated rings. The maximum atomic E-state index is 13.0. The van der Waals surface area contributed by atoms with Crippen molar-refractivity contribution in [3.05, 3.63) is 65.8 Å². The van der Waals surface area contributed by atoms with E-state index in [0.717, 1.165) is 12.1 Å². The first-order valence-corrected chi connectivity index (χ1v) is 11.0. The summed E-state index contributed by atoms with van der Waals surface area (Å²) in [5.41, 5.74) is 0.226. The minimum Gasteiger partial charge on any atom is -0.352 e. The molecule has 1 N–H and O–H groups in total. The Kier molecular flexibility index (Phi) is 5.69. The molecule has 1 aliphatic rings. The highest BCUT2D eigenvalue weighted by Gasteiger charge is 2.22. The predicted octanol–water partition coefficient (Wildman–Crippen LogP) is 2.79. The van der Waals surface area contributed by atoms with Crippen molar-refractivity contribution in [2.75, 3.05) is 40.7 Å². The molecular formula is C19H18ClFN6O2S. The monoisotopic (exact) mass is 448 g/mol. The number of benzene rings is 1. The molecule has 2 aromatic heterocycles. The lowest BCUT2D eigenvalue weighted by Gasteiger charge is -2.35. The van der Waals surface area contributed by atoms with Gasteiger partial charge in [0.25, 0.3) is 10.0 Å². The molecule has 0 amide bonds. The van der Waals surface area contributed by atoms with Crippen molar-refractivity contribution in [2.45, 2.75) is 4.90 Å². The molecule has 1 saturated heterocycles. The van der Waals surface area contributed by atoms with E-state index in [9.17, 15) is 12.8 Å². The van der Waals surface area contributed by atoms with Gasteiger partial charge in [-0.1, -0.05) is 11.6 Å². The van der Waals surface area contributed by atoms with E-state index in [0.29, 0.717) is 43.0 Å². The van der Waals surface area contributed by atoms with E-state index < -0.39 is 15.8 Å². The molecule has 0 spiro atoms. The Morgan fingerprint density at radius 3 is 2.23 bits per heavy atom. The second-order valence-electron chi connectivity index (χ2n) is 6.61. The number of aromatic nitrogens is 3. The predicted molar refractivity (Wildman–Crippen MR) is 113 cm³/mol. The first-order valence-electron chi connectivity index (χ1n) is 9.13. The number of hydrogen-bond donors (Lipinski definition) is 1. The van der Waals surface area contributed by atoms with Crippen molar-refractivity contribution in [2.24, 2.45) is 0 Å². The number of rotatable bonds is 5. The number of nitrogens with zero attached hydrogens (tertiary/aromatic N) is 5. The van der Waals surface area contributed by atoms with Gasteiger partial charge in [-0.15, -0.1) is 0 Å². The van der Waals surface area contributed by atoms with Gasteiger partial charge < -0.3 is 9.80 Å². The molecular weight excluding hydrogens is 431 g/mol. The van der Waals surface area contributed by atoms with E-state index in [1.807, 2.05) is 4.90 Å². The van der Waals surface area contributed by atoms with Gasteiger partial charge in [-0.2, -0.15) is 0 Å². The minimum absolute atomic E-state index is 0.0525. The van der Waals surface area contributed by atoms with Gasteiger partial charge in [-0.05, 0) is 36.4 Å². The summed E-state index contributed by atoms with van der Waals surface area (Å²) in [5, 5.41) is 0.332. The third-order valence-electron chi connectivity index (χ3n) is 4.61. The van der Waals surface area contributed by atoms with E-state index in [1.54, 1.807) is 18.5 Å². The summed E-state index contributed by atoms with van der Waals surface area (Å²) in [6, 6.07) is 7.84. The van der Waals surface area contributed by atoms with Crippen molar-refractivity contribution in [1.29, 1.82) is 0 Å². The largest absolute Gasteiger partial charge is 0.352 e. The molecule has 1 aromatic carbocycles. The maximum absolute atomic E-state index is 13.0. The molecule has 0 saturated carbocycles. The Hall–Kier alpha value is -2.98. The molecule has 3 aromatic rings. The molecule has 0 radical (unpaired) electrons. The molecule has 11 heteroatoms. The molecule has 0 atom stereocenters. The van der Waals surface area contributed by atoms with Crippen LogP contribution in [0.5, 0.6) is 0 Å². The van der Waals surface area contributed by atoms with Crippen molar-refractivity contribution < 1.29 is 12.8 Å². The highest BCUT2D eigenvalue weighted by molar-refractivity contribution is 7.92. The van der Waals surface area contributed by atoms with E-state index in [2.05, 4.69) is 24.6 Å². The lowest BCUT2D eigenvalue weighted by atomic mass is 10.3. The molecule has 30 heavy (non-hydrogen) atoms. The molecule has 3 heterocycles. The van der Waals surface area contributed by atoms with Crippen molar-refractivity contribution in [3.63, 3.8) is 0 Å². The van der Waals surface area contributed by atoms with E-state index >= 15 is 0 Å². The van der Waals surface area contributed by atoms with Crippen molar-refractivity contribution in [3.8, 4) is 0 Å². The fraction of sp³-hybridized carbons (Fsp3) is 0.211. The molecule has 156 valence electrons. The van der Waals surface area contributed by atoms with E-state index in [1.165, 1.54) is 24.4 Å². The average molecular weight is 449 g/mol. The SMILES string of the molecule is O=S(=O)(Nc1cnc(N2CCN(c3ncccn3)CC2)c(Cl)c1)c1ccc(F)cc1. The fourth-order valence-electron chi connectivity index (χ4n) is 3.12. The van der Waals surface area contributed by atoms with Gasteiger partial charge in [0.15, 0.2) is 0 Å². The lowest BCUT2D eigenvalue weighted by molar-refractivity contribution is 0.599. The zero-order valence-corrected chi connectivity index (χ0v) is 17.3. The topological polar surface area (TPSA) is 91.3 Å². The number of nitrogens with one attached hydrogen (secondary N) is 1. The van der Waals surface area contributed by atoms with Gasteiger partial charge in [0.05, 0.1) is 21.8 Å². The zero-order chi connectivity index (χ0) is 21.1. The Morgan fingerprint density at radius 2 is 1.60 bits per heavy atom. The van der Waals surface area contributed by atoms with Gasteiger partial charge in [0.1, 0.15) is 11.6 Å². The van der Waals surface area contributed by atoms with Crippen LogP contribution in [0.15, 0.2) is 59.9 Å². The van der Waals surface area contributed by atoms with Crippen LogP contribution >= 0.6 is 11.6 Å². The zero-order valence-electron chi connectivity index (χ0n) is 15.7. The number of halogens is 2. The molecule has 1 aliphatic heterocycles. The summed E-state index contributed by atoms with van der Waals surface area (Å²) >= 11 is 6.38. The Labute approximate surface area is 178 Å². The van der Waals surface area contributed by atoms with Crippen molar-refractivity contribution >= 4 is 39.1 Å². The first kappa shape index (κ1) is 20.3. The highest BCUT2D eigenvalue weighted by Crippen LogP contribution is 2.28. The molecule has 4 rings (SSSR count). The summed E-state index contributed by atoms with van der Waals surface area (Å²) in [6.07, 6.45) is 4.83. The standard InChI is InChI=1S/C19H18ClFN6O2S/c20-17-12-15(25-30(28,29)16-4-2-14(21)3-5-16)13-24-18(17)26-8-10-27(11-9-26)19-22-6-1-7-23-19/h1-7,12-13,25H,8-11H2. The highest BCUT2D eigenvalue weighted by atomic mass is 35.5. The fourth-order valence-corrected chi connectivity index (χ4v) is 4.44. The van der Waals surface area contributed by atoms with Crippen LogP contribution in [-0.2, 0) is 10.0 Å².